The smallest absolute Gasteiger partial charge is 0.0837 e. The highest BCUT2D eigenvalue weighted by Gasteiger charge is 2.09. The van der Waals surface area contributed by atoms with Crippen LogP contribution in [0.4, 0.5) is 0 Å². The lowest BCUT2D eigenvalue weighted by molar-refractivity contribution is 0.302. The van der Waals surface area contributed by atoms with Gasteiger partial charge in [0.25, 0.3) is 0 Å². The third-order valence-corrected chi connectivity index (χ3v) is 3.21. The van der Waals surface area contributed by atoms with Crippen LogP contribution in [0.1, 0.15) is 25.3 Å². The minimum absolute atomic E-state index is 0.0529. The van der Waals surface area contributed by atoms with Crippen molar-refractivity contribution >= 4 is 0 Å². The lowest BCUT2D eigenvalue weighted by atomic mass is 10.0. The van der Waals surface area contributed by atoms with Crippen molar-refractivity contribution < 1.29 is 0 Å². The van der Waals surface area contributed by atoms with Crippen LogP contribution in [0, 0.1) is 11.3 Å². The average molecular weight is 245 g/mol. The number of hydrogen-bond acceptors (Lipinski definition) is 3. The van der Waals surface area contributed by atoms with E-state index in [1.807, 2.05) is 30.3 Å². The second kappa shape index (κ2) is 8.68. The molecule has 0 fully saturated rings. The third kappa shape index (κ3) is 4.87. The number of benzene rings is 1. The van der Waals surface area contributed by atoms with E-state index >= 15 is 0 Å². The van der Waals surface area contributed by atoms with Gasteiger partial charge in [0.1, 0.15) is 0 Å². The first-order valence-electron chi connectivity index (χ1n) is 6.69. The summed E-state index contributed by atoms with van der Waals surface area (Å²) in [6, 6.07) is 12.3. The first kappa shape index (κ1) is 14.7. The Morgan fingerprint density at radius 2 is 1.89 bits per heavy atom. The summed E-state index contributed by atoms with van der Waals surface area (Å²) >= 11 is 0. The van der Waals surface area contributed by atoms with Gasteiger partial charge in [-0.05, 0) is 18.7 Å². The second-order valence-corrected chi connectivity index (χ2v) is 4.32. The molecule has 0 radical (unpaired) electrons. The number of hydrogen-bond donors (Lipinski definition) is 1. The van der Waals surface area contributed by atoms with E-state index < -0.39 is 0 Å². The van der Waals surface area contributed by atoms with E-state index in [9.17, 15) is 5.26 Å². The zero-order valence-corrected chi connectivity index (χ0v) is 11.4. The Morgan fingerprint density at radius 1 is 1.22 bits per heavy atom. The van der Waals surface area contributed by atoms with Gasteiger partial charge in [0.05, 0.1) is 12.0 Å². The summed E-state index contributed by atoms with van der Waals surface area (Å²) in [5.74, 6) is -0.0529. The molecule has 98 valence electrons. The predicted molar refractivity (Wildman–Crippen MR) is 75.5 cm³/mol. The summed E-state index contributed by atoms with van der Waals surface area (Å²) in [5.41, 5.74) is 1.09. The van der Waals surface area contributed by atoms with E-state index in [1.165, 1.54) is 0 Å². The molecule has 1 unspecified atom stereocenters. The molecule has 18 heavy (non-hydrogen) atoms. The molecule has 3 nitrogen and oxygen atoms in total. The molecule has 1 N–H and O–H groups in total. The number of nitrogens with one attached hydrogen (secondary N) is 1. The Labute approximate surface area is 110 Å². The summed E-state index contributed by atoms with van der Waals surface area (Å²) in [5, 5.41) is 12.5. The normalized spacial score (nSPS) is 12.3. The Balaban J connectivity index is 2.31. The number of likely N-dealkylation sites (N-methyl/N-ethyl adjacent to an activating group) is 1. The molecule has 0 amide bonds. The van der Waals surface area contributed by atoms with Gasteiger partial charge in [0.15, 0.2) is 0 Å². The quantitative estimate of drug-likeness (QED) is 0.714. The second-order valence-electron chi connectivity index (χ2n) is 4.32. The lowest BCUT2D eigenvalue weighted by Crippen LogP contribution is -2.33. The maximum Gasteiger partial charge on any atom is 0.0837 e. The van der Waals surface area contributed by atoms with Crippen molar-refractivity contribution in [2.24, 2.45) is 0 Å². The Bertz CT molecular complexity index is 352. The van der Waals surface area contributed by atoms with Gasteiger partial charge in [-0.2, -0.15) is 5.26 Å². The highest BCUT2D eigenvalue weighted by Crippen LogP contribution is 2.12. The van der Waals surface area contributed by atoms with E-state index in [0.29, 0.717) is 0 Å². The average Bonchev–Trinajstić information content (AvgIpc) is 2.44. The molecule has 0 bridgehead atoms. The molecule has 0 aromatic heterocycles. The molecule has 0 heterocycles. The van der Waals surface area contributed by atoms with E-state index in [0.717, 1.165) is 38.3 Å². The summed E-state index contributed by atoms with van der Waals surface area (Å²) < 4.78 is 0. The highest BCUT2D eigenvalue weighted by atomic mass is 15.1. The Morgan fingerprint density at radius 3 is 2.44 bits per heavy atom. The van der Waals surface area contributed by atoms with Crippen LogP contribution in [0.3, 0.4) is 0 Å². The lowest BCUT2D eigenvalue weighted by Gasteiger charge is -2.18. The van der Waals surface area contributed by atoms with Gasteiger partial charge < -0.3 is 10.2 Å². The van der Waals surface area contributed by atoms with Crippen molar-refractivity contribution in [1.29, 1.82) is 5.26 Å². The largest absolute Gasteiger partial charge is 0.314 e. The van der Waals surface area contributed by atoms with Gasteiger partial charge in [-0.3, -0.25) is 0 Å². The molecule has 0 aliphatic carbocycles. The van der Waals surface area contributed by atoms with Crippen LogP contribution in [0.2, 0.25) is 0 Å². The van der Waals surface area contributed by atoms with Crippen molar-refractivity contribution in [3.05, 3.63) is 35.9 Å². The standard InChI is InChI=1S/C15H23N3/c1-3-18(4-2)11-10-17-13-15(12-16)14-8-6-5-7-9-14/h5-9,15,17H,3-4,10-11,13H2,1-2H3. The zero-order chi connectivity index (χ0) is 13.2. The Kier molecular flexibility index (Phi) is 7.09. The summed E-state index contributed by atoms with van der Waals surface area (Å²) in [6.45, 7) is 9.21. The minimum atomic E-state index is -0.0529. The fourth-order valence-corrected chi connectivity index (χ4v) is 1.95. The van der Waals surface area contributed by atoms with Crippen LogP contribution in [-0.4, -0.2) is 37.6 Å². The molecule has 1 aromatic rings. The number of rotatable bonds is 8. The molecule has 0 saturated carbocycles. The van der Waals surface area contributed by atoms with Crippen LogP contribution in [0.5, 0.6) is 0 Å². The third-order valence-electron chi connectivity index (χ3n) is 3.21. The molecule has 0 aliphatic rings. The molecule has 1 atom stereocenters. The van der Waals surface area contributed by atoms with Crippen molar-refractivity contribution in [2.45, 2.75) is 19.8 Å². The predicted octanol–water partition coefficient (Wildman–Crippen LogP) is 2.23. The molecular weight excluding hydrogens is 222 g/mol. The maximum atomic E-state index is 9.18. The van der Waals surface area contributed by atoms with Gasteiger partial charge in [-0.25, -0.2) is 0 Å². The first-order chi connectivity index (χ1) is 8.81. The van der Waals surface area contributed by atoms with E-state index in [4.69, 9.17) is 0 Å². The minimum Gasteiger partial charge on any atom is -0.314 e. The Hall–Kier alpha value is -1.37. The zero-order valence-electron chi connectivity index (χ0n) is 11.4. The molecule has 0 aliphatic heterocycles. The van der Waals surface area contributed by atoms with Crippen LogP contribution < -0.4 is 5.32 Å². The summed E-state index contributed by atoms with van der Waals surface area (Å²) in [7, 11) is 0. The number of nitriles is 1. The fraction of sp³-hybridized carbons (Fsp3) is 0.533. The van der Waals surface area contributed by atoms with Gasteiger partial charge in [-0.1, -0.05) is 44.2 Å². The van der Waals surface area contributed by atoms with Crippen molar-refractivity contribution in [3.63, 3.8) is 0 Å². The van der Waals surface area contributed by atoms with Crippen molar-refractivity contribution in [1.82, 2.24) is 10.2 Å². The molecule has 3 heteroatoms. The first-order valence-corrected chi connectivity index (χ1v) is 6.69. The van der Waals surface area contributed by atoms with E-state index in [-0.39, 0.29) is 5.92 Å². The summed E-state index contributed by atoms with van der Waals surface area (Å²) in [6.07, 6.45) is 0. The van der Waals surface area contributed by atoms with Crippen LogP contribution in [0.25, 0.3) is 0 Å². The molecule has 0 spiro atoms. The van der Waals surface area contributed by atoms with Crippen molar-refractivity contribution in [3.8, 4) is 6.07 Å². The van der Waals surface area contributed by atoms with Gasteiger partial charge >= 0.3 is 0 Å². The topological polar surface area (TPSA) is 39.1 Å². The van der Waals surface area contributed by atoms with Gasteiger partial charge in [-0.15, -0.1) is 0 Å². The van der Waals surface area contributed by atoms with Gasteiger partial charge in [0.2, 0.25) is 0 Å². The van der Waals surface area contributed by atoms with Crippen LogP contribution in [-0.2, 0) is 0 Å². The molecule has 1 aromatic carbocycles. The van der Waals surface area contributed by atoms with Gasteiger partial charge in [0, 0.05) is 19.6 Å². The highest BCUT2D eigenvalue weighted by molar-refractivity contribution is 5.24. The van der Waals surface area contributed by atoms with E-state index in [2.05, 4.69) is 30.1 Å². The van der Waals surface area contributed by atoms with Crippen LogP contribution in [0.15, 0.2) is 30.3 Å². The monoisotopic (exact) mass is 245 g/mol. The maximum absolute atomic E-state index is 9.18. The summed E-state index contributed by atoms with van der Waals surface area (Å²) in [4.78, 5) is 2.37. The molecular formula is C15H23N3. The fourth-order valence-electron chi connectivity index (χ4n) is 1.95. The van der Waals surface area contributed by atoms with Crippen LogP contribution >= 0.6 is 0 Å². The van der Waals surface area contributed by atoms with E-state index in [1.54, 1.807) is 0 Å². The molecule has 0 saturated heterocycles. The SMILES string of the molecule is CCN(CC)CCNCC(C#N)c1ccccc1. The molecule has 1 rings (SSSR count). The number of nitrogens with zero attached hydrogens (tertiary/aromatic N) is 2. The van der Waals surface area contributed by atoms with Crippen molar-refractivity contribution in [2.75, 3.05) is 32.7 Å².